The molecule has 0 rings (SSSR count). The summed E-state index contributed by atoms with van der Waals surface area (Å²) in [6.45, 7) is 3.65. The van der Waals surface area contributed by atoms with E-state index in [0.717, 1.165) is 12.8 Å². The predicted molar refractivity (Wildman–Crippen MR) is 54.6 cm³/mol. The van der Waals surface area contributed by atoms with Gasteiger partial charge in [-0.15, -0.1) is 0 Å². The van der Waals surface area contributed by atoms with Crippen LogP contribution in [0.15, 0.2) is 12.2 Å². The summed E-state index contributed by atoms with van der Waals surface area (Å²) in [4.78, 5) is 10.5. The number of hydrogen-bond donors (Lipinski definition) is 1. The van der Waals surface area contributed by atoms with Crippen LogP contribution in [0.4, 0.5) is 0 Å². The first kappa shape index (κ1) is 12.4. The number of hydrogen-bond acceptors (Lipinski definition) is 2. The monoisotopic (exact) mass is 184 g/mol. The molecular formula is C11H20O2. The molecule has 0 saturated carbocycles. The molecule has 0 spiro atoms. The van der Waals surface area contributed by atoms with Crippen molar-refractivity contribution >= 4 is 5.78 Å². The van der Waals surface area contributed by atoms with E-state index in [9.17, 15) is 9.90 Å². The highest BCUT2D eigenvalue weighted by Gasteiger charge is 2.00. The van der Waals surface area contributed by atoms with Crippen LogP contribution in [0.1, 0.15) is 46.0 Å². The molecule has 2 heteroatoms. The van der Waals surface area contributed by atoms with E-state index in [2.05, 4.69) is 6.92 Å². The maximum absolute atomic E-state index is 10.5. The van der Waals surface area contributed by atoms with E-state index in [1.165, 1.54) is 25.8 Å². The topological polar surface area (TPSA) is 37.3 Å². The molecule has 1 N–H and O–H groups in total. The number of rotatable bonds is 7. The zero-order chi connectivity index (χ0) is 10.1. The van der Waals surface area contributed by atoms with Crippen molar-refractivity contribution < 1.29 is 9.90 Å². The zero-order valence-electron chi connectivity index (χ0n) is 8.62. The molecule has 1 atom stereocenters. The molecule has 0 aliphatic carbocycles. The fourth-order valence-corrected chi connectivity index (χ4v) is 1.14. The second-order valence-electron chi connectivity index (χ2n) is 3.40. The molecular weight excluding hydrogens is 164 g/mol. The minimum absolute atomic E-state index is 0.0424. The van der Waals surface area contributed by atoms with E-state index in [4.69, 9.17) is 0 Å². The van der Waals surface area contributed by atoms with Gasteiger partial charge in [-0.25, -0.2) is 0 Å². The van der Waals surface area contributed by atoms with Crippen LogP contribution in [0.2, 0.25) is 0 Å². The minimum atomic E-state index is -0.276. The van der Waals surface area contributed by atoms with Crippen LogP contribution in [-0.2, 0) is 4.79 Å². The Kier molecular flexibility index (Phi) is 7.60. The fourth-order valence-electron chi connectivity index (χ4n) is 1.14. The molecule has 0 heterocycles. The van der Waals surface area contributed by atoms with Crippen molar-refractivity contribution in [3.63, 3.8) is 0 Å². The Labute approximate surface area is 80.7 Å². The zero-order valence-corrected chi connectivity index (χ0v) is 8.62. The lowest BCUT2D eigenvalue weighted by molar-refractivity contribution is -0.112. The molecule has 0 amide bonds. The van der Waals surface area contributed by atoms with Gasteiger partial charge in [-0.3, -0.25) is 4.79 Å². The molecule has 0 aromatic rings. The van der Waals surface area contributed by atoms with Crippen molar-refractivity contribution in [1.82, 2.24) is 0 Å². The largest absolute Gasteiger partial charge is 0.393 e. The van der Waals surface area contributed by atoms with Gasteiger partial charge in [-0.05, 0) is 25.8 Å². The summed E-state index contributed by atoms with van der Waals surface area (Å²) >= 11 is 0. The molecule has 0 fully saturated rings. The van der Waals surface area contributed by atoms with E-state index in [0.29, 0.717) is 6.42 Å². The molecule has 0 aliphatic rings. The molecule has 0 aromatic heterocycles. The number of unbranched alkanes of at least 4 members (excludes halogenated alkanes) is 2. The quantitative estimate of drug-likeness (QED) is 0.487. The van der Waals surface area contributed by atoms with Crippen LogP contribution >= 0.6 is 0 Å². The SMILES string of the molecule is CCCCCC(O)CC=CC(C)=O. The third kappa shape index (κ3) is 9.28. The molecule has 13 heavy (non-hydrogen) atoms. The smallest absolute Gasteiger partial charge is 0.152 e. The molecule has 0 aromatic carbocycles. The van der Waals surface area contributed by atoms with Gasteiger partial charge in [0.2, 0.25) is 0 Å². The van der Waals surface area contributed by atoms with Gasteiger partial charge in [-0.2, -0.15) is 0 Å². The van der Waals surface area contributed by atoms with Gasteiger partial charge >= 0.3 is 0 Å². The van der Waals surface area contributed by atoms with E-state index in [-0.39, 0.29) is 11.9 Å². The normalized spacial score (nSPS) is 13.5. The molecule has 0 bridgehead atoms. The maximum Gasteiger partial charge on any atom is 0.152 e. The second kappa shape index (κ2) is 7.99. The lowest BCUT2D eigenvalue weighted by Gasteiger charge is -2.06. The Hall–Kier alpha value is -0.630. The van der Waals surface area contributed by atoms with E-state index >= 15 is 0 Å². The first-order valence-electron chi connectivity index (χ1n) is 5.02. The van der Waals surface area contributed by atoms with Crippen LogP contribution in [0.3, 0.4) is 0 Å². The van der Waals surface area contributed by atoms with Crippen molar-refractivity contribution in [2.75, 3.05) is 0 Å². The number of allylic oxidation sites excluding steroid dienone is 1. The van der Waals surface area contributed by atoms with E-state index in [1.807, 2.05) is 0 Å². The van der Waals surface area contributed by atoms with Gasteiger partial charge < -0.3 is 5.11 Å². The van der Waals surface area contributed by atoms with Crippen molar-refractivity contribution in [2.24, 2.45) is 0 Å². The van der Waals surface area contributed by atoms with Gasteiger partial charge in [0.1, 0.15) is 0 Å². The van der Waals surface area contributed by atoms with E-state index < -0.39 is 0 Å². The predicted octanol–water partition coefficient (Wildman–Crippen LogP) is 2.46. The van der Waals surface area contributed by atoms with Crippen LogP contribution in [-0.4, -0.2) is 17.0 Å². The highest BCUT2D eigenvalue weighted by Crippen LogP contribution is 2.06. The number of aliphatic hydroxyl groups excluding tert-OH is 1. The van der Waals surface area contributed by atoms with Gasteiger partial charge in [0.25, 0.3) is 0 Å². The summed E-state index contributed by atoms with van der Waals surface area (Å²) in [5.41, 5.74) is 0. The van der Waals surface area contributed by atoms with Crippen LogP contribution in [0.5, 0.6) is 0 Å². The summed E-state index contributed by atoms with van der Waals surface area (Å²) < 4.78 is 0. The Morgan fingerprint density at radius 2 is 2.15 bits per heavy atom. The Bertz CT molecular complexity index is 161. The van der Waals surface area contributed by atoms with Gasteiger partial charge in [0.05, 0.1) is 6.10 Å². The number of ketones is 1. The third-order valence-corrected chi connectivity index (χ3v) is 1.90. The van der Waals surface area contributed by atoms with Gasteiger partial charge in [0, 0.05) is 0 Å². The number of aliphatic hydroxyl groups is 1. The highest BCUT2D eigenvalue weighted by molar-refractivity contribution is 5.87. The van der Waals surface area contributed by atoms with Gasteiger partial charge in [-0.1, -0.05) is 32.3 Å². The molecule has 0 radical (unpaired) electrons. The van der Waals surface area contributed by atoms with Crippen LogP contribution in [0, 0.1) is 0 Å². The van der Waals surface area contributed by atoms with Crippen molar-refractivity contribution in [3.05, 3.63) is 12.2 Å². The minimum Gasteiger partial charge on any atom is -0.393 e. The molecule has 76 valence electrons. The lowest BCUT2D eigenvalue weighted by atomic mass is 10.1. The third-order valence-electron chi connectivity index (χ3n) is 1.90. The summed E-state index contributed by atoms with van der Waals surface area (Å²) in [6, 6.07) is 0. The average Bonchev–Trinajstić information content (AvgIpc) is 2.04. The first-order valence-corrected chi connectivity index (χ1v) is 5.02. The van der Waals surface area contributed by atoms with Crippen molar-refractivity contribution in [2.45, 2.75) is 52.1 Å². The highest BCUT2D eigenvalue weighted by atomic mass is 16.3. The van der Waals surface area contributed by atoms with Crippen molar-refractivity contribution in [1.29, 1.82) is 0 Å². The lowest BCUT2D eigenvalue weighted by Crippen LogP contribution is -2.04. The first-order chi connectivity index (χ1) is 6.16. The average molecular weight is 184 g/mol. The van der Waals surface area contributed by atoms with E-state index in [1.54, 1.807) is 6.08 Å². The fraction of sp³-hybridized carbons (Fsp3) is 0.727. The van der Waals surface area contributed by atoms with Gasteiger partial charge in [0.15, 0.2) is 5.78 Å². The Balaban J connectivity index is 3.39. The van der Waals surface area contributed by atoms with Crippen LogP contribution in [0.25, 0.3) is 0 Å². The molecule has 0 saturated heterocycles. The molecule has 2 nitrogen and oxygen atoms in total. The number of carbonyl (C=O) groups excluding carboxylic acids is 1. The second-order valence-corrected chi connectivity index (χ2v) is 3.40. The van der Waals surface area contributed by atoms with Crippen molar-refractivity contribution in [3.8, 4) is 0 Å². The standard InChI is InChI=1S/C11H20O2/c1-3-4-5-8-11(13)9-6-7-10(2)12/h6-7,11,13H,3-5,8-9H2,1-2H3. The Morgan fingerprint density at radius 3 is 2.69 bits per heavy atom. The number of carbonyl (C=O) groups is 1. The summed E-state index contributed by atoms with van der Waals surface area (Å²) in [5.74, 6) is 0.0424. The summed E-state index contributed by atoms with van der Waals surface area (Å²) in [6.07, 6.45) is 7.86. The summed E-state index contributed by atoms with van der Waals surface area (Å²) in [5, 5.41) is 9.43. The molecule has 0 aliphatic heterocycles. The Morgan fingerprint density at radius 1 is 1.46 bits per heavy atom. The maximum atomic E-state index is 10.5. The molecule has 1 unspecified atom stereocenters. The summed E-state index contributed by atoms with van der Waals surface area (Å²) in [7, 11) is 0. The van der Waals surface area contributed by atoms with Crippen LogP contribution < -0.4 is 0 Å².